The first-order chi connectivity index (χ1) is 10.5. The predicted octanol–water partition coefficient (Wildman–Crippen LogP) is 3.58. The quantitative estimate of drug-likeness (QED) is 0.490. The van der Waals surface area contributed by atoms with Crippen LogP contribution in [0.3, 0.4) is 0 Å². The van der Waals surface area contributed by atoms with Crippen molar-refractivity contribution in [2.75, 3.05) is 0 Å². The first-order valence-corrected chi connectivity index (χ1v) is 6.83. The fourth-order valence-corrected chi connectivity index (χ4v) is 1.60. The van der Waals surface area contributed by atoms with Crippen LogP contribution < -0.4 is 9.47 Å². The number of carbonyl (C=O) groups excluding carboxylic acids is 2. The highest BCUT2D eigenvalue weighted by Crippen LogP contribution is 2.28. The molecule has 1 atom stereocenters. The van der Waals surface area contributed by atoms with Gasteiger partial charge in [0.05, 0.1) is 5.56 Å². The Bertz CT molecular complexity index is 683. The Morgan fingerprint density at radius 2 is 1.55 bits per heavy atom. The van der Waals surface area contributed by atoms with Crippen LogP contribution in [0.25, 0.3) is 0 Å². The summed E-state index contributed by atoms with van der Waals surface area (Å²) in [7, 11) is 0. The summed E-state index contributed by atoms with van der Waals surface area (Å²) in [5, 5.41) is -0.833. The summed E-state index contributed by atoms with van der Waals surface area (Å²) in [4.78, 5) is 23.5. The van der Waals surface area contributed by atoms with Crippen LogP contribution in [0.5, 0.6) is 11.5 Å². The Hall–Kier alpha value is -2.40. The minimum absolute atomic E-state index is 0.0718. The van der Waals surface area contributed by atoms with E-state index in [0.717, 1.165) is 12.1 Å². The number of benzene rings is 2. The van der Waals surface area contributed by atoms with Crippen LogP contribution in [0, 0.1) is 5.82 Å². The molecule has 2 aromatic rings. The molecule has 2 aromatic carbocycles. The molecule has 0 aliphatic carbocycles. The molecule has 22 heavy (non-hydrogen) atoms. The molecule has 114 valence electrons. The van der Waals surface area contributed by atoms with Gasteiger partial charge in [-0.25, -0.2) is 9.18 Å². The molecule has 0 aliphatic rings. The van der Waals surface area contributed by atoms with Gasteiger partial charge in [-0.2, -0.15) is 0 Å². The molecule has 0 bridgehead atoms. The lowest BCUT2D eigenvalue weighted by Crippen LogP contribution is -2.18. The number of carbonyl (C=O) groups is 2. The van der Waals surface area contributed by atoms with Crippen LogP contribution in [0.15, 0.2) is 48.5 Å². The average Bonchev–Trinajstić information content (AvgIpc) is 2.49. The van der Waals surface area contributed by atoms with Crippen LogP contribution in [-0.2, 0) is 4.79 Å². The van der Waals surface area contributed by atoms with Gasteiger partial charge in [0.25, 0.3) is 0 Å². The second-order valence-corrected chi connectivity index (χ2v) is 5.03. The van der Waals surface area contributed by atoms with Gasteiger partial charge < -0.3 is 9.47 Å². The van der Waals surface area contributed by atoms with Crippen molar-refractivity contribution in [1.29, 1.82) is 0 Å². The van der Waals surface area contributed by atoms with Crippen molar-refractivity contribution < 1.29 is 23.5 Å². The Labute approximate surface area is 131 Å². The number of hydrogen-bond acceptors (Lipinski definition) is 4. The first-order valence-electron chi connectivity index (χ1n) is 6.40. The second kappa shape index (κ2) is 7.04. The lowest BCUT2D eigenvalue weighted by Gasteiger charge is -2.11. The van der Waals surface area contributed by atoms with Gasteiger partial charge in [0, 0.05) is 0 Å². The molecular weight excluding hydrogens is 311 g/mol. The zero-order valence-electron chi connectivity index (χ0n) is 11.6. The number of ether oxygens (including phenoxy) is 2. The van der Waals surface area contributed by atoms with Crippen molar-refractivity contribution in [2.24, 2.45) is 0 Å². The van der Waals surface area contributed by atoms with Crippen LogP contribution in [0.1, 0.15) is 17.3 Å². The minimum Gasteiger partial charge on any atom is -0.421 e. The van der Waals surface area contributed by atoms with Gasteiger partial charge in [-0.1, -0.05) is 12.1 Å². The van der Waals surface area contributed by atoms with E-state index in [1.165, 1.54) is 31.2 Å². The van der Waals surface area contributed by atoms with Crippen LogP contribution in [0.2, 0.25) is 0 Å². The fourth-order valence-electron chi connectivity index (χ4n) is 1.55. The highest BCUT2D eigenvalue weighted by molar-refractivity contribution is 6.29. The SMILES string of the molecule is CC(Cl)C(=O)Oc1ccccc1OC(=O)c1ccc(F)cc1. The molecule has 6 heteroatoms. The molecule has 0 N–H and O–H groups in total. The molecule has 1 unspecified atom stereocenters. The smallest absolute Gasteiger partial charge is 0.343 e. The highest BCUT2D eigenvalue weighted by atomic mass is 35.5. The predicted molar refractivity (Wildman–Crippen MR) is 78.8 cm³/mol. The monoisotopic (exact) mass is 322 g/mol. The van der Waals surface area contributed by atoms with Crippen molar-refractivity contribution in [2.45, 2.75) is 12.3 Å². The minimum atomic E-state index is -0.833. The van der Waals surface area contributed by atoms with Crippen LogP contribution >= 0.6 is 11.6 Å². The second-order valence-electron chi connectivity index (χ2n) is 4.38. The summed E-state index contributed by atoms with van der Waals surface area (Å²) in [6.45, 7) is 1.47. The average molecular weight is 323 g/mol. The Balaban J connectivity index is 2.17. The largest absolute Gasteiger partial charge is 0.421 e. The van der Waals surface area contributed by atoms with Crippen molar-refractivity contribution in [1.82, 2.24) is 0 Å². The lowest BCUT2D eigenvalue weighted by atomic mass is 10.2. The maximum atomic E-state index is 12.8. The van der Waals surface area contributed by atoms with E-state index in [1.807, 2.05) is 0 Å². The molecule has 0 spiro atoms. The summed E-state index contributed by atoms with van der Waals surface area (Å²) in [5.41, 5.74) is 0.174. The number of alkyl halides is 1. The molecule has 0 amide bonds. The standard InChI is InChI=1S/C16H12ClFO4/c1-10(17)15(19)21-13-4-2-3-5-14(13)22-16(20)11-6-8-12(18)9-7-11/h2-10H,1H3. The molecule has 0 aliphatic heterocycles. The maximum Gasteiger partial charge on any atom is 0.343 e. The van der Waals surface area contributed by atoms with Gasteiger partial charge in [0.15, 0.2) is 11.5 Å². The van der Waals surface area contributed by atoms with E-state index >= 15 is 0 Å². The van der Waals surface area contributed by atoms with Crippen molar-refractivity contribution in [3.63, 3.8) is 0 Å². The summed E-state index contributed by atoms with van der Waals surface area (Å²) >= 11 is 5.63. The van der Waals surface area contributed by atoms with Crippen LogP contribution in [0.4, 0.5) is 4.39 Å². The van der Waals surface area contributed by atoms with Gasteiger partial charge in [-0.05, 0) is 43.3 Å². The molecule has 0 radical (unpaired) electrons. The molecule has 0 fully saturated rings. The molecular formula is C16H12ClFO4. The van der Waals surface area contributed by atoms with Crippen molar-refractivity contribution in [3.8, 4) is 11.5 Å². The molecule has 0 saturated carbocycles. The zero-order chi connectivity index (χ0) is 16.1. The summed E-state index contributed by atoms with van der Waals surface area (Å²) in [5.74, 6) is -1.66. The fraction of sp³-hybridized carbons (Fsp3) is 0.125. The Morgan fingerprint density at radius 3 is 2.09 bits per heavy atom. The third kappa shape index (κ3) is 4.05. The van der Waals surface area contributed by atoms with E-state index in [0.29, 0.717) is 0 Å². The van der Waals surface area contributed by atoms with E-state index in [2.05, 4.69) is 0 Å². The summed E-state index contributed by atoms with van der Waals surface area (Å²) in [6, 6.07) is 11.1. The first kappa shape index (κ1) is 16.0. The zero-order valence-corrected chi connectivity index (χ0v) is 12.3. The van der Waals surface area contributed by atoms with Gasteiger partial charge in [-0.15, -0.1) is 11.6 Å². The third-order valence-electron chi connectivity index (χ3n) is 2.67. The molecule has 0 saturated heterocycles. The van der Waals surface area contributed by atoms with Gasteiger partial charge in [0.1, 0.15) is 11.2 Å². The van der Waals surface area contributed by atoms with E-state index in [4.69, 9.17) is 21.1 Å². The maximum absolute atomic E-state index is 12.8. The van der Waals surface area contributed by atoms with Gasteiger partial charge in [-0.3, -0.25) is 4.79 Å². The third-order valence-corrected chi connectivity index (χ3v) is 2.85. The van der Waals surface area contributed by atoms with Gasteiger partial charge in [0.2, 0.25) is 0 Å². The number of hydrogen-bond donors (Lipinski definition) is 0. The number of halogens is 2. The number of esters is 2. The van der Waals surface area contributed by atoms with Crippen molar-refractivity contribution >= 4 is 23.5 Å². The topological polar surface area (TPSA) is 52.6 Å². The highest BCUT2D eigenvalue weighted by Gasteiger charge is 2.17. The van der Waals surface area contributed by atoms with E-state index < -0.39 is 23.1 Å². The summed E-state index contributed by atoms with van der Waals surface area (Å²) < 4.78 is 23.1. The van der Waals surface area contributed by atoms with Crippen molar-refractivity contribution in [3.05, 3.63) is 59.9 Å². The van der Waals surface area contributed by atoms with Gasteiger partial charge >= 0.3 is 11.9 Å². The Morgan fingerprint density at radius 1 is 1.00 bits per heavy atom. The number of para-hydroxylation sites is 2. The summed E-state index contributed by atoms with van der Waals surface area (Å²) in [6.07, 6.45) is 0. The number of rotatable bonds is 4. The van der Waals surface area contributed by atoms with E-state index in [-0.39, 0.29) is 17.1 Å². The van der Waals surface area contributed by atoms with E-state index in [9.17, 15) is 14.0 Å². The normalized spacial score (nSPS) is 11.6. The van der Waals surface area contributed by atoms with E-state index in [1.54, 1.807) is 12.1 Å². The molecule has 0 heterocycles. The molecule has 4 nitrogen and oxygen atoms in total. The molecule has 0 aromatic heterocycles. The Kier molecular flexibility index (Phi) is 5.12. The van der Waals surface area contributed by atoms with Crippen LogP contribution in [-0.4, -0.2) is 17.3 Å². The lowest BCUT2D eigenvalue weighted by molar-refractivity contribution is -0.133. The molecule has 2 rings (SSSR count).